The molecule has 0 saturated heterocycles. The van der Waals surface area contributed by atoms with Crippen molar-refractivity contribution in [3.63, 3.8) is 0 Å². The van der Waals surface area contributed by atoms with Crippen LogP contribution in [-0.4, -0.2) is 44.0 Å². The van der Waals surface area contributed by atoms with Crippen LogP contribution in [-0.2, 0) is 17.8 Å². The van der Waals surface area contributed by atoms with E-state index in [-0.39, 0.29) is 18.1 Å². The Morgan fingerprint density at radius 3 is 2.48 bits per heavy atom. The quantitative estimate of drug-likeness (QED) is 0.434. The Labute approximate surface area is 164 Å². The molecule has 0 aliphatic rings. The van der Waals surface area contributed by atoms with E-state index in [4.69, 9.17) is 11.6 Å². The van der Waals surface area contributed by atoms with E-state index in [9.17, 15) is 9.18 Å². The summed E-state index contributed by atoms with van der Waals surface area (Å²) in [5.74, 6) is 0.241. The van der Waals surface area contributed by atoms with E-state index < -0.39 is 0 Å². The van der Waals surface area contributed by atoms with Crippen molar-refractivity contribution >= 4 is 23.5 Å². The van der Waals surface area contributed by atoms with Gasteiger partial charge in [0.05, 0.1) is 6.42 Å². The molecular formula is C20H24ClFN4O. The van der Waals surface area contributed by atoms with Crippen LogP contribution in [0.3, 0.4) is 0 Å². The molecule has 0 aliphatic heterocycles. The Bertz CT molecular complexity index is 780. The first-order valence-corrected chi connectivity index (χ1v) is 9.03. The van der Waals surface area contributed by atoms with E-state index in [2.05, 4.69) is 15.6 Å². The Balaban J connectivity index is 1.72. The van der Waals surface area contributed by atoms with Crippen LogP contribution in [0.1, 0.15) is 11.1 Å². The lowest BCUT2D eigenvalue weighted by molar-refractivity contribution is -0.120. The first-order chi connectivity index (χ1) is 13.0. The molecule has 0 heterocycles. The topological polar surface area (TPSA) is 56.7 Å². The number of benzene rings is 2. The molecule has 2 N–H and O–H groups in total. The minimum absolute atomic E-state index is 0.146. The van der Waals surface area contributed by atoms with Crippen molar-refractivity contribution in [2.75, 3.05) is 27.2 Å². The number of halogens is 2. The summed E-state index contributed by atoms with van der Waals surface area (Å²) in [4.78, 5) is 18.2. The summed E-state index contributed by atoms with van der Waals surface area (Å²) in [5.41, 5.74) is 1.77. The zero-order chi connectivity index (χ0) is 19.6. The summed E-state index contributed by atoms with van der Waals surface area (Å²) in [6.45, 7) is 1.66. The molecule has 27 heavy (non-hydrogen) atoms. The van der Waals surface area contributed by atoms with Crippen LogP contribution in [0.2, 0.25) is 5.02 Å². The van der Waals surface area contributed by atoms with Gasteiger partial charge >= 0.3 is 0 Å². The van der Waals surface area contributed by atoms with Crippen LogP contribution < -0.4 is 10.6 Å². The molecule has 144 valence electrons. The molecule has 0 fully saturated rings. The van der Waals surface area contributed by atoms with Gasteiger partial charge in [0, 0.05) is 38.8 Å². The summed E-state index contributed by atoms with van der Waals surface area (Å²) in [6.07, 6.45) is 0.156. The third-order valence-corrected chi connectivity index (χ3v) is 4.14. The molecule has 0 aromatic heterocycles. The highest BCUT2D eigenvalue weighted by molar-refractivity contribution is 6.30. The smallest absolute Gasteiger partial charge is 0.224 e. The van der Waals surface area contributed by atoms with Crippen molar-refractivity contribution in [3.05, 3.63) is 70.5 Å². The molecule has 2 rings (SSSR count). The number of carbonyl (C=O) groups excluding carboxylic acids is 1. The number of nitrogens with one attached hydrogen (secondary N) is 2. The number of nitrogens with zero attached hydrogens (tertiary/aromatic N) is 2. The number of carbonyl (C=O) groups is 1. The zero-order valence-electron chi connectivity index (χ0n) is 15.5. The number of hydrogen-bond acceptors (Lipinski definition) is 2. The van der Waals surface area contributed by atoms with Crippen LogP contribution in [0.15, 0.2) is 53.5 Å². The van der Waals surface area contributed by atoms with Gasteiger partial charge in [-0.2, -0.15) is 0 Å². The van der Waals surface area contributed by atoms with Gasteiger partial charge in [0.1, 0.15) is 5.82 Å². The number of hydrogen-bond donors (Lipinski definition) is 2. The second-order valence-electron chi connectivity index (χ2n) is 6.11. The molecule has 1 amide bonds. The highest BCUT2D eigenvalue weighted by Gasteiger charge is 2.07. The first kappa shape index (κ1) is 20.7. The van der Waals surface area contributed by atoms with Crippen molar-refractivity contribution < 1.29 is 9.18 Å². The maximum absolute atomic E-state index is 13.1. The monoisotopic (exact) mass is 390 g/mol. The Morgan fingerprint density at radius 1 is 1.11 bits per heavy atom. The minimum Gasteiger partial charge on any atom is -0.354 e. The van der Waals surface area contributed by atoms with Gasteiger partial charge in [-0.05, 0) is 35.4 Å². The minimum atomic E-state index is -0.338. The van der Waals surface area contributed by atoms with E-state index in [1.54, 1.807) is 19.2 Å². The van der Waals surface area contributed by atoms with Crippen molar-refractivity contribution in [1.29, 1.82) is 0 Å². The van der Waals surface area contributed by atoms with E-state index in [1.807, 2.05) is 36.2 Å². The number of aliphatic imine (C=N–C) groups is 1. The SMILES string of the molecule is CN=C(NCCNC(=O)Cc1cccc(F)c1)N(C)Cc1ccc(Cl)cc1. The van der Waals surface area contributed by atoms with Crippen molar-refractivity contribution in [2.24, 2.45) is 4.99 Å². The van der Waals surface area contributed by atoms with E-state index in [1.165, 1.54) is 12.1 Å². The molecule has 7 heteroatoms. The summed E-state index contributed by atoms with van der Waals surface area (Å²) >= 11 is 5.90. The van der Waals surface area contributed by atoms with Gasteiger partial charge < -0.3 is 15.5 Å². The average Bonchev–Trinajstić information content (AvgIpc) is 2.63. The molecular weight excluding hydrogens is 367 g/mol. The fourth-order valence-corrected chi connectivity index (χ4v) is 2.72. The zero-order valence-corrected chi connectivity index (χ0v) is 16.3. The van der Waals surface area contributed by atoms with Crippen LogP contribution >= 0.6 is 11.6 Å². The Morgan fingerprint density at radius 2 is 1.81 bits per heavy atom. The summed E-state index contributed by atoms with van der Waals surface area (Å²) in [5, 5.41) is 6.72. The van der Waals surface area contributed by atoms with Gasteiger partial charge in [-0.15, -0.1) is 0 Å². The fraction of sp³-hybridized carbons (Fsp3) is 0.300. The molecule has 2 aromatic rings. The third kappa shape index (κ3) is 7.27. The summed E-state index contributed by atoms with van der Waals surface area (Å²) in [6, 6.07) is 13.7. The lowest BCUT2D eigenvalue weighted by atomic mass is 10.1. The highest BCUT2D eigenvalue weighted by Crippen LogP contribution is 2.11. The van der Waals surface area contributed by atoms with Crippen molar-refractivity contribution in [3.8, 4) is 0 Å². The lowest BCUT2D eigenvalue weighted by Crippen LogP contribution is -2.42. The van der Waals surface area contributed by atoms with Crippen LogP contribution in [0.5, 0.6) is 0 Å². The normalized spacial score (nSPS) is 11.2. The molecule has 0 aliphatic carbocycles. The van der Waals surface area contributed by atoms with E-state index in [0.29, 0.717) is 30.2 Å². The Kier molecular flexibility index (Phi) is 8.07. The summed E-state index contributed by atoms with van der Waals surface area (Å²) < 4.78 is 13.1. The lowest BCUT2D eigenvalue weighted by Gasteiger charge is -2.22. The maximum Gasteiger partial charge on any atom is 0.224 e. The predicted octanol–water partition coefficient (Wildman–Crippen LogP) is 2.85. The van der Waals surface area contributed by atoms with Gasteiger partial charge in [0.2, 0.25) is 5.91 Å². The van der Waals surface area contributed by atoms with E-state index >= 15 is 0 Å². The molecule has 0 spiro atoms. The standard InChI is InChI=1S/C20H24ClFN4O/c1-23-20(26(2)14-15-6-8-17(21)9-7-15)25-11-10-24-19(27)13-16-4-3-5-18(22)12-16/h3-9,12H,10-11,13-14H2,1-2H3,(H,23,25)(H,24,27). The van der Waals surface area contributed by atoms with Crippen molar-refractivity contribution in [2.45, 2.75) is 13.0 Å². The van der Waals surface area contributed by atoms with Gasteiger partial charge in [-0.25, -0.2) is 4.39 Å². The molecule has 5 nitrogen and oxygen atoms in total. The van der Waals surface area contributed by atoms with Crippen LogP contribution in [0, 0.1) is 5.82 Å². The predicted molar refractivity (Wildman–Crippen MR) is 107 cm³/mol. The molecule has 2 aromatic carbocycles. The highest BCUT2D eigenvalue weighted by atomic mass is 35.5. The number of amides is 1. The third-order valence-electron chi connectivity index (χ3n) is 3.89. The fourth-order valence-electron chi connectivity index (χ4n) is 2.59. The van der Waals surface area contributed by atoms with Gasteiger partial charge in [-0.3, -0.25) is 9.79 Å². The average molecular weight is 391 g/mol. The van der Waals surface area contributed by atoms with Crippen LogP contribution in [0.25, 0.3) is 0 Å². The second kappa shape index (κ2) is 10.5. The maximum atomic E-state index is 13.1. The molecule has 0 unspecified atom stereocenters. The molecule has 0 saturated carbocycles. The van der Waals surface area contributed by atoms with Crippen molar-refractivity contribution in [1.82, 2.24) is 15.5 Å². The largest absolute Gasteiger partial charge is 0.354 e. The number of rotatable bonds is 7. The summed E-state index contributed by atoms with van der Waals surface area (Å²) in [7, 11) is 3.65. The van der Waals surface area contributed by atoms with Crippen LogP contribution in [0.4, 0.5) is 4.39 Å². The van der Waals surface area contributed by atoms with Gasteiger partial charge in [-0.1, -0.05) is 35.9 Å². The second-order valence-corrected chi connectivity index (χ2v) is 6.55. The molecule has 0 radical (unpaired) electrons. The van der Waals surface area contributed by atoms with Gasteiger partial charge in [0.15, 0.2) is 5.96 Å². The van der Waals surface area contributed by atoms with Gasteiger partial charge in [0.25, 0.3) is 0 Å². The number of guanidine groups is 1. The first-order valence-electron chi connectivity index (χ1n) is 8.65. The van der Waals surface area contributed by atoms with E-state index in [0.717, 1.165) is 11.5 Å². The molecule has 0 atom stereocenters. The molecule has 0 bridgehead atoms. The Hall–Kier alpha value is -2.60.